The first-order valence-corrected chi connectivity index (χ1v) is 7.50. The maximum atomic E-state index is 6.25. The van der Waals surface area contributed by atoms with Crippen LogP contribution in [0.25, 0.3) is 10.6 Å². The highest BCUT2D eigenvalue weighted by Gasteiger charge is 2.13. The number of hydrogen-bond acceptors (Lipinski definition) is 4. The monoisotopic (exact) mass is 296 g/mol. The van der Waals surface area contributed by atoms with E-state index in [9.17, 15) is 0 Å². The van der Waals surface area contributed by atoms with Crippen molar-refractivity contribution >= 4 is 22.9 Å². The standard InChI is InChI=1S/C14H17ClN2OS/c1-3-7-16-8-10-9-19-14(17-10)13-11(15)5-4-6-12(13)18-2/h4-6,9,16H,3,7-8H2,1-2H3. The van der Waals surface area contributed by atoms with Crippen molar-refractivity contribution in [1.82, 2.24) is 10.3 Å². The van der Waals surface area contributed by atoms with Crippen molar-refractivity contribution in [2.75, 3.05) is 13.7 Å². The summed E-state index contributed by atoms with van der Waals surface area (Å²) in [5.74, 6) is 0.759. The van der Waals surface area contributed by atoms with Gasteiger partial charge in [0.2, 0.25) is 0 Å². The SMILES string of the molecule is CCCNCc1csc(-c2c(Cl)cccc2OC)n1. The minimum absolute atomic E-state index is 0.668. The normalized spacial score (nSPS) is 10.7. The van der Waals surface area contributed by atoms with E-state index in [-0.39, 0.29) is 0 Å². The predicted molar refractivity (Wildman–Crippen MR) is 81.1 cm³/mol. The number of nitrogens with one attached hydrogen (secondary N) is 1. The lowest BCUT2D eigenvalue weighted by molar-refractivity contribution is 0.416. The minimum atomic E-state index is 0.668. The molecule has 2 aromatic rings. The summed E-state index contributed by atoms with van der Waals surface area (Å²) in [6, 6.07) is 5.63. The molecule has 0 atom stereocenters. The van der Waals surface area contributed by atoms with Crippen molar-refractivity contribution in [3.8, 4) is 16.3 Å². The van der Waals surface area contributed by atoms with Gasteiger partial charge >= 0.3 is 0 Å². The molecule has 0 spiro atoms. The number of halogens is 1. The van der Waals surface area contributed by atoms with E-state index in [4.69, 9.17) is 16.3 Å². The summed E-state index contributed by atoms with van der Waals surface area (Å²) in [6.45, 7) is 3.94. The number of rotatable bonds is 6. The zero-order valence-electron chi connectivity index (χ0n) is 11.1. The lowest BCUT2D eigenvalue weighted by atomic mass is 10.2. The van der Waals surface area contributed by atoms with Crippen LogP contribution in [0, 0.1) is 0 Å². The molecule has 1 aromatic heterocycles. The Balaban J connectivity index is 2.23. The molecule has 0 bridgehead atoms. The van der Waals surface area contributed by atoms with Gasteiger partial charge in [0.05, 0.1) is 23.4 Å². The van der Waals surface area contributed by atoms with Crippen LogP contribution in [-0.4, -0.2) is 18.6 Å². The van der Waals surface area contributed by atoms with Gasteiger partial charge in [-0.2, -0.15) is 0 Å². The van der Waals surface area contributed by atoms with E-state index in [1.165, 1.54) is 0 Å². The summed E-state index contributed by atoms with van der Waals surface area (Å²) in [6.07, 6.45) is 1.12. The minimum Gasteiger partial charge on any atom is -0.496 e. The molecule has 0 saturated carbocycles. The molecule has 0 aliphatic rings. The summed E-state index contributed by atoms with van der Waals surface area (Å²) >= 11 is 7.84. The first kappa shape index (κ1) is 14.3. The molecule has 1 aromatic carbocycles. The van der Waals surface area contributed by atoms with Crippen molar-refractivity contribution in [3.05, 3.63) is 34.3 Å². The van der Waals surface area contributed by atoms with Crippen molar-refractivity contribution < 1.29 is 4.74 Å². The Hall–Kier alpha value is -1.10. The second kappa shape index (κ2) is 6.89. The largest absolute Gasteiger partial charge is 0.496 e. The molecule has 102 valence electrons. The summed E-state index contributed by atoms with van der Waals surface area (Å²) in [5.41, 5.74) is 1.91. The molecule has 0 aliphatic carbocycles. The molecular weight excluding hydrogens is 280 g/mol. The van der Waals surface area contributed by atoms with Gasteiger partial charge in [-0.05, 0) is 25.1 Å². The van der Waals surface area contributed by atoms with E-state index < -0.39 is 0 Å². The van der Waals surface area contributed by atoms with E-state index in [2.05, 4.69) is 22.6 Å². The van der Waals surface area contributed by atoms with Crippen LogP contribution in [-0.2, 0) is 6.54 Å². The second-order valence-electron chi connectivity index (χ2n) is 4.14. The van der Waals surface area contributed by atoms with Gasteiger partial charge in [-0.3, -0.25) is 0 Å². The van der Waals surface area contributed by atoms with Crippen LogP contribution in [0.4, 0.5) is 0 Å². The average molecular weight is 297 g/mol. The van der Waals surface area contributed by atoms with E-state index in [0.717, 1.165) is 41.5 Å². The predicted octanol–water partition coefficient (Wildman–Crippen LogP) is 3.97. The van der Waals surface area contributed by atoms with E-state index in [0.29, 0.717) is 5.02 Å². The molecule has 3 nitrogen and oxygen atoms in total. The number of hydrogen-bond donors (Lipinski definition) is 1. The number of benzene rings is 1. The number of nitrogens with zero attached hydrogens (tertiary/aromatic N) is 1. The average Bonchev–Trinajstić information content (AvgIpc) is 2.87. The zero-order chi connectivity index (χ0) is 13.7. The van der Waals surface area contributed by atoms with Gasteiger partial charge in [0.25, 0.3) is 0 Å². The molecule has 1 N–H and O–H groups in total. The van der Waals surface area contributed by atoms with Crippen LogP contribution in [0.5, 0.6) is 5.75 Å². The molecular formula is C14H17ClN2OS. The zero-order valence-corrected chi connectivity index (χ0v) is 12.6. The van der Waals surface area contributed by atoms with Gasteiger partial charge in [-0.1, -0.05) is 24.6 Å². The van der Waals surface area contributed by atoms with Crippen molar-refractivity contribution in [3.63, 3.8) is 0 Å². The van der Waals surface area contributed by atoms with Crippen LogP contribution < -0.4 is 10.1 Å². The van der Waals surface area contributed by atoms with Crippen LogP contribution >= 0.6 is 22.9 Å². The number of ether oxygens (including phenoxy) is 1. The van der Waals surface area contributed by atoms with Crippen LogP contribution in [0.2, 0.25) is 5.02 Å². The van der Waals surface area contributed by atoms with Crippen LogP contribution in [0.1, 0.15) is 19.0 Å². The second-order valence-corrected chi connectivity index (χ2v) is 5.40. The molecule has 0 aliphatic heterocycles. The van der Waals surface area contributed by atoms with Crippen molar-refractivity contribution in [2.24, 2.45) is 0 Å². The van der Waals surface area contributed by atoms with Crippen molar-refractivity contribution in [1.29, 1.82) is 0 Å². The highest BCUT2D eigenvalue weighted by Crippen LogP contribution is 2.37. The number of thiazole rings is 1. The lowest BCUT2D eigenvalue weighted by Crippen LogP contribution is -2.13. The highest BCUT2D eigenvalue weighted by atomic mass is 35.5. The van der Waals surface area contributed by atoms with E-state index in [1.807, 2.05) is 18.2 Å². The molecule has 0 amide bonds. The third-order valence-electron chi connectivity index (χ3n) is 2.69. The van der Waals surface area contributed by atoms with Crippen LogP contribution in [0.3, 0.4) is 0 Å². The Bertz CT molecular complexity index is 542. The van der Waals surface area contributed by atoms with Gasteiger partial charge in [-0.15, -0.1) is 11.3 Å². The fourth-order valence-corrected chi connectivity index (χ4v) is 2.97. The van der Waals surface area contributed by atoms with Gasteiger partial charge in [0.1, 0.15) is 10.8 Å². The first-order chi connectivity index (χ1) is 9.26. The maximum Gasteiger partial charge on any atom is 0.130 e. The molecule has 2 rings (SSSR count). The fourth-order valence-electron chi connectivity index (χ4n) is 1.78. The summed E-state index contributed by atoms with van der Waals surface area (Å²) in [5, 5.41) is 6.96. The Kier molecular flexibility index (Phi) is 5.19. The van der Waals surface area contributed by atoms with Gasteiger partial charge in [0.15, 0.2) is 0 Å². The van der Waals surface area contributed by atoms with Crippen molar-refractivity contribution in [2.45, 2.75) is 19.9 Å². The third kappa shape index (κ3) is 3.47. The lowest BCUT2D eigenvalue weighted by Gasteiger charge is -2.07. The molecule has 1 heterocycles. The molecule has 19 heavy (non-hydrogen) atoms. The Morgan fingerprint density at radius 2 is 2.26 bits per heavy atom. The summed E-state index contributed by atoms with van der Waals surface area (Å²) < 4.78 is 5.35. The Morgan fingerprint density at radius 1 is 1.42 bits per heavy atom. The maximum absolute atomic E-state index is 6.25. The quantitative estimate of drug-likeness (QED) is 0.819. The topological polar surface area (TPSA) is 34.1 Å². The molecule has 5 heteroatoms. The smallest absolute Gasteiger partial charge is 0.130 e. The molecule has 0 saturated heterocycles. The Morgan fingerprint density at radius 3 is 3.00 bits per heavy atom. The van der Waals surface area contributed by atoms with Crippen LogP contribution in [0.15, 0.2) is 23.6 Å². The third-order valence-corrected chi connectivity index (χ3v) is 3.92. The summed E-state index contributed by atoms with van der Waals surface area (Å²) in [4.78, 5) is 4.61. The van der Waals surface area contributed by atoms with E-state index in [1.54, 1.807) is 18.4 Å². The van der Waals surface area contributed by atoms with Gasteiger partial charge in [-0.25, -0.2) is 4.98 Å². The number of methoxy groups -OCH3 is 1. The highest BCUT2D eigenvalue weighted by molar-refractivity contribution is 7.13. The molecule has 0 radical (unpaired) electrons. The summed E-state index contributed by atoms with van der Waals surface area (Å²) in [7, 11) is 1.65. The van der Waals surface area contributed by atoms with Gasteiger partial charge < -0.3 is 10.1 Å². The number of aromatic nitrogens is 1. The van der Waals surface area contributed by atoms with E-state index >= 15 is 0 Å². The first-order valence-electron chi connectivity index (χ1n) is 6.24. The van der Waals surface area contributed by atoms with Gasteiger partial charge in [0, 0.05) is 11.9 Å². The molecule has 0 unspecified atom stereocenters. The fraction of sp³-hybridized carbons (Fsp3) is 0.357. The Labute approximate surface area is 122 Å². The molecule has 0 fully saturated rings.